The third-order valence-corrected chi connectivity index (χ3v) is 4.56. The van der Waals surface area contributed by atoms with Gasteiger partial charge in [-0.05, 0) is 29.7 Å². The van der Waals surface area contributed by atoms with Gasteiger partial charge in [-0.3, -0.25) is 4.79 Å². The van der Waals surface area contributed by atoms with E-state index in [9.17, 15) is 4.79 Å². The Kier molecular flexibility index (Phi) is 2.61. The van der Waals surface area contributed by atoms with Gasteiger partial charge in [0.1, 0.15) is 5.92 Å². The van der Waals surface area contributed by atoms with E-state index in [1.165, 1.54) is 10.5 Å². The van der Waals surface area contributed by atoms with Gasteiger partial charge in [-0.15, -0.1) is 0 Å². The second-order valence-electron chi connectivity index (χ2n) is 3.90. The SMILES string of the molecule is O=C1N=C(C(Cl)Cl)N=C2SC3=C(CCC3)C12. The van der Waals surface area contributed by atoms with Gasteiger partial charge in [0.2, 0.25) is 0 Å². The molecule has 16 heavy (non-hydrogen) atoms. The summed E-state index contributed by atoms with van der Waals surface area (Å²) in [6.07, 6.45) is 3.19. The van der Waals surface area contributed by atoms with Crippen molar-refractivity contribution in [1.82, 2.24) is 0 Å². The van der Waals surface area contributed by atoms with Gasteiger partial charge in [0.25, 0.3) is 5.91 Å². The van der Waals surface area contributed by atoms with Gasteiger partial charge in [0.05, 0.1) is 5.04 Å². The highest BCUT2D eigenvalue weighted by Gasteiger charge is 2.41. The predicted molar refractivity (Wildman–Crippen MR) is 67.3 cm³/mol. The van der Waals surface area contributed by atoms with Gasteiger partial charge in [0, 0.05) is 0 Å². The number of allylic oxidation sites excluding steroid dienone is 1. The third-order valence-electron chi connectivity index (χ3n) is 2.92. The van der Waals surface area contributed by atoms with Crippen molar-refractivity contribution >= 4 is 51.8 Å². The van der Waals surface area contributed by atoms with E-state index in [1.54, 1.807) is 11.8 Å². The molecule has 0 N–H and O–H groups in total. The van der Waals surface area contributed by atoms with Gasteiger partial charge in [-0.25, -0.2) is 4.99 Å². The van der Waals surface area contributed by atoms with Crippen molar-refractivity contribution in [3.63, 3.8) is 0 Å². The lowest BCUT2D eigenvalue weighted by atomic mass is 9.98. The van der Waals surface area contributed by atoms with Crippen molar-refractivity contribution in [3.05, 3.63) is 10.5 Å². The molecule has 2 heterocycles. The fourth-order valence-corrected chi connectivity index (χ4v) is 3.80. The molecule has 0 saturated heterocycles. The van der Waals surface area contributed by atoms with Crippen LogP contribution in [-0.2, 0) is 4.79 Å². The molecule has 6 heteroatoms. The lowest BCUT2D eigenvalue weighted by molar-refractivity contribution is -0.118. The number of nitrogens with zero attached hydrogens (tertiary/aromatic N) is 2. The minimum absolute atomic E-state index is 0.161. The summed E-state index contributed by atoms with van der Waals surface area (Å²) < 4.78 is 0. The van der Waals surface area contributed by atoms with Crippen LogP contribution in [0.3, 0.4) is 0 Å². The smallest absolute Gasteiger partial charge is 0.261 e. The Morgan fingerprint density at radius 2 is 2.12 bits per heavy atom. The number of amides is 1. The van der Waals surface area contributed by atoms with Crippen molar-refractivity contribution < 1.29 is 4.79 Å². The quantitative estimate of drug-likeness (QED) is 0.690. The Balaban J connectivity index is 1.98. The van der Waals surface area contributed by atoms with Crippen LogP contribution in [0, 0.1) is 5.92 Å². The van der Waals surface area contributed by atoms with Gasteiger partial charge in [0.15, 0.2) is 10.7 Å². The van der Waals surface area contributed by atoms with Crippen LogP contribution in [0.2, 0.25) is 0 Å². The van der Waals surface area contributed by atoms with Crippen molar-refractivity contribution in [1.29, 1.82) is 0 Å². The molecule has 0 spiro atoms. The number of carbonyl (C=O) groups excluding carboxylic acids is 1. The summed E-state index contributed by atoms with van der Waals surface area (Å²) in [6, 6.07) is 0. The van der Waals surface area contributed by atoms with Crippen LogP contribution in [0.1, 0.15) is 19.3 Å². The summed E-state index contributed by atoms with van der Waals surface area (Å²) in [7, 11) is 0. The summed E-state index contributed by atoms with van der Waals surface area (Å²) in [5.74, 6) is -0.155. The minimum Gasteiger partial charge on any atom is -0.271 e. The largest absolute Gasteiger partial charge is 0.271 e. The fraction of sp³-hybridized carbons (Fsp3) is 0.500. The van der Waals surface area contributed by atoms with Gasteiger partial charge in [-0.1, -0.05) is 35.0 Å². The molecule has 0 fully saturated rings. The first-order valence-electron chi connectivity index (χ1n) is 5.06. The number of carbonyl (C=O) groups is 1. The number of hydrogen-bond donors (Lipinski definition) is 0. The Morgan fingerprint density at radius 3 is 2.88 bits per heavy atom. The fourth-order valence-electron chi connectivity index (χ4n) is 2.25. The van der Waals surface area contributed by atoms with Gasteiger partial charge in [-0.2, -0.15) is 4.99 Å². The molecule has 2 aliphatic heterocycles. The summed E-state index contributed by atoms with van der Waals surface area (Å²) in [5.41, 5.74) is 1.22. The number of halogens is 2. The molecule has 1 amide bonds. The molecule has 0 bridgehead atoms. The Labute approximate surface area is 107 Å². The van der Waals surface area contributed by atoms with E-state index in [1.807, 2.05) is 0 Å². The van der Waals surface area contributed by atoms with Gasteiger partial charge < -0.3 is 0 Å². The lowest BCUT2D eigenvalue weighted by Crippen LogP contribution is -2.27. The molecule has 1 atom stereocenters. The maximum atomic E-state index is 11.9. The molecule has 84 valence electrons. The maximum absolute atomic E-state index is 11.9. The standard InChI is InChI=1S/C10H8Cl2N2OS/c11-7(12)8-13-9(15)6-4-2-1-3-5(4)16-10(6)14-8/h6-7H,1-3H2. The Hall–Kier alpha value is -0.320. The van der Waals surface area contributed by atoms with E-state index < -0.39 is 4.84 Å². The van der Waals surface area contributed by atoms with Gasteiger partial charge >= 0.3 is 0 Å². The molecule has 1 aliphatic carbocycles. The molecule has 0 aromatic heterocycles. The minimum atomic E-state index is -0.826. The zero-order valence-electron chi connectivity index (χ0n) is 8.24. The summed E-state index contributed by atoms with van der Waals surface area (Å²) in [4.78, 5) is 20.5. The first kappa shape index (κ1) is 10.8. The van der Waals surface area contributed by atoms with Crippen LogP contribution in [0.15, 0.2) is 20.5 Å². The number of aliphatic imine (C=N–C) groups is 2. The van der Waals surface area contributed by atoms with Crippen LogP contribution in [0.5, 0.6) is 0 Å². The Morgan fingerprint density at radius 1 is 1.31 bits per heavy atom. The van der Waals surface area contributed by atoms with Crippen molar-refractivity contribution in [3.8, 4) is 0 Å². The molecule has 1 unspecified atom stereocenters. The number of rotatable bonds is 1. The summed E-state index contributed by atoms with van der Waals surface area (Å²) in [5, 5.41) is 0.811. The first-order chi connectivity index (χ1) is 7.66. The monoisotopic (exact) mass is 274 g/mol. The number of alkyl halides is 2. The second-order valence-corrected chi connectivity index (χ2v) is 6.11. The molecule has 3 aliphatic rings. The average molecular weight is 275 g/mol. The highest BCUT2D eigenvalue weighted by atomic mass is 35.5. The number of hydrogen-bond acceptors (Lipinski definition) is 3. The maximum Gasteiger partial charge on any atom is 0.261 e. The summed E-state index contributed by atoms with van der Waals surface area (Å²) >= 11 is 13.0. The van der Waals surface area contributed by atoms with Crippen LogP contribution in [0.25, 0.3) is 0 Å². The molecule has 0 aromatic rings. The molecule has 3 nitrogen and oxygen atoms in total. The van der Waals surface area contributed by atoms with Crippen molar-refractivity contribution in [2.75, 3.05) is 0 Å². The van der Waals surface area contributed by atoms with Crippen molar-refractivity contribution in [2.24, 2.45) is 15.9 Å². The van der Waals surface area contributed by atoms with E-state index in [2.05, 4.69) is 9.98 Å². The number of thioether (sulfide) groups is 1. The van der Waals surface area contributed by atoms with E-state index in [-0.39, 0.29) is 17.7 Å². The molecule has 0 aromatic carbocycles. The van der Waals surface area contributed by atoms with E-state index in [0.717, 1.165) is 24.3 Å². The van der Waals surface area contributed by atoms with E-state index >= 15 is 0 Å². The molecular weight excluding hydrogens is 267 g/mol. The van der Waals surface area contributed by atoms with Crippen LogP contribution in [0.4, 0.5) is 0 Å². The van der Waals surface area contributed by atoms with Crippen LogP contribution >= 0.6 is 35.0 Å². The molecule has 0 saturated carbocycles. The highest BCUT2D eigenvalue weighted by Crippen LogP contribution is 2.48. The molecular formula is C10H8Cl2N2OS. The second kappa shape index (κ2) is 3.86. The topological polar surface area (TPSA) is 41.8 Å². The van der Waals surface area contributed by atoms with Crippen molar-refractivity contribution in [2.45, 2.75) is 24.1 Å². The molecule has 0 radical (unpaired) electrons. The zero-order valence-corrected chi connectivity index (χ0v) is 10.6. The first-order valence-corrected chi connectivity index (χ1v) is 6.74. The van der Waals surface area contributed by atoms with Crippen LogP contribution in [-0.4, -0.2) is 21.6 Å². The molecule has 3 rings (SSSR count). The van der Waals surface area contributed by atoms with Crippen LogP contribution < -0.4 is 0 Å². The highest BCUT2D eigenvalue weighted by molar-refractivity contribution is 8.17. The van der Waals surface area contributed by atoms with E-state index in [4.69, 9.17) is 23.2 Å². The predicted octanol–water partition coefficient (Wildman–Crippen LogP) is 2.93. The number of fused-ring (bicyclic) bond motifs is 2. The summed E-state index contributed by atoms with van der Waals surface area (Å²) in [6.45, 7) is 0. The number of amidine groups is 1. The van der Waals surface area contributed by atoms with E-state index in [0.29, 0.717) is 0 Å². The Bertz CT molecular complexity index is 467. The third kappa shape index (κ3) is 1.55. The zero-order chi connectivity index (χ0) is 11.3. The normalized spacial score (nSPS) is 28.2. The lowest BCUT2D eigenvalue weighted by Gasteiger charge is -2.16. The average Bonchev–Trinajstić information content (AvgIpc) is 2.75.